The van der Waals surface area contributed by atoms with Crippen LogP contribution in [-0.4, -0.2) is 32.6 Å². The Morgan fingerprint density at radius 2 is 1.96 bits per heavy atom. The predicted molar refractivity (Wildman–Crippen MR) is 96.7 cm³/mol. The lowest BCUT2D eigenvalue weighted by molar-refractivity contribution is -0.119. The molecule has 7 nitrogen and oxygen atoms in total. The molecule has 132 valence electrons. The number of nitrogens with zero attached hydrogens (tertiary/aromatic N) is 3. The summed E-state index contributed by atoms with van der Waals surface area (Å²) >= 11 is 0. The van der Waals surface area contributed by atoms with Gasteiger partial charge < -0.3 is 11.1 Å². The highest BCUT2D eigenvalue weighted by Gasteiger charge is 2.20. The summed E-state index contributed by atoms with van der Waals surface area (Å²) in [6, 6.07) is 13.9. The standard InChI is InChI=1S/C19H19N5O2/c1-13-9-15(7-8-17(13)24-12-21-11-22-24)19(26)23-16(18(20)25)10-14-5-3-2-4-6-14/h2-9,11-12,16H,10H2,1H3,(H2,20,25)(H,23,26)/t16-/m0/s1. The largest absolute Gasteiger partial charge is 0.368 e. The Morgan fingerprint density at radius 3 is 2.58 bits per heavy atom. The number of aromatic nitrogens is 3. The molecule has 0 saturated carbocycles. The van der Waals surface area contributed by atoms with Crippen molar-refractivity contribution in [2.24, 2.45) is 5.73 Å². The van der Waals surface area contributed by atoms with Crippen molar-refractivity contribution in [1.82, 2.24) is 20.1 Å². The zero-order valence-corrected chi connectivity index (χ0v) is 14.3. The minimum Gasteiger partial charge on any atom is -0.368 e. The van der Waals surface area contributed by atoms with E-state index >= 15 is 0 Å². The second-order valence-electron chi connectivity index (χ2n) is 5.96. The molecule has 0 aliphatic rings. The summed E-state index contributed by atoms with van der Waals surface area (Å²) in [5, 5.41) is 6.80. The lowest BCUT2D eigenvalue weighted by atomic mass is 10.0. The highest BCUT2D eigenvalue weighted by Crippen LogP contribution is 2.15. The van der Waals surface area contributed by atoms with E-state index in [-0.39, 0.29) is 5.91 Å². The van der Waals surface area contributed by atoms with E-state index < -0.39 is 11.9 Å². The van der Waals surface area contributed by atoms with E-state index in [1.54, 1.807) is 29.2 Å². The number of carbonyl (C=O) groups excluding carboxylic acids is 2. The van der Waals surface area contributed by atoms with Crippen LogP contribution in [0.15, 0.2) is 61.2 Å². The van der Waals surface area contributed by atoms with Crippen molar-refractivity contribution in [3.8, 4) is 5.69 Å². The van der Waals surface area contributed by atoms with E-state index in [1.165, 1.54) is 6.33 Å². The molecule has 2 aromatic carbocycles. The normalized spacial score (nSPS) is 11.7. The maximum Gasteiger partial charge on any atom is 0.251 e. The monoisotopic (exact) mass is 349 g/mol. The number of hydrogen-bond donors (Lipinski definition) is 2. The number of hydrogen-bond acceptors (Lipinski definition) is 4. The Bertz CT molecular complexity index is 907. The average Bonchev–Trinajstić information content (AvgIpc) is 3.16. The second-order valence-corrected chi connectivity index (χ2v) is 5.96. The maximum absolute atomic E-state index is 12.5. The molecule has 1 heterocycles. The van der Waals surface area contributed by atoms with Gasteiger partial charge >= 0.3 is 0 Å². The minimum absolute atomic E-state index is 0.345. The van der Waals surface area contributed by atoms with E-state index in [1.807, 2.05) is 37.3 Å². The van der Waals surface area contributed by atoms with Gasteiger partial charge in [-0.1, -0.05) is 30.3 Å². The van der Waals surface area contributed by atoms with Crippen LogP contribution in [-0.2, 0) is 11.2 Å². The molecule has 2 amide bonds. The first-order chi connectivity index (χ1) is 12.5. The van der Waals surface area contributed by atoms with E-state index in [0.717, 1.165) is 16.8 Å². The van der Waals surface area contributed by atoms with Crippen LogP contribution in [0.25, 0.3) is 5.69 Å². The number of carbonyl (C=O) groups is 2. The molecule has 3 aromatic rings. The lowest BCUT2D eigenvalue weighted by Crippen LogP contribution is -2.45. The van der Waals surface area contributed by atoms with Crippen LogP contribution in [0.4, 0.5) is 0 Å². The second kappa shape index (κ2) is 7.60. The maximum atomic E-state index is 12.5. The van der Waals surface area contributed by atoms with Gasteiger partial charge in [-0.25, -0.2) is 9.67 Å². The summed E-state index contributed by atoms with van der Waals surface area (Å²) in [4.78, 5) is 28.2. The molecule has 0 spiro atoms. The van der Waals surface area contributed by atoms with Crippen LogP contribution < -0.4 is 11.1 Å². The zero-order valence-electron chi connectivity index (χ0n) is 14.3. The molecule has 0 aliphatic carbocycles. The van der Waals surface area contributed by atoms with Crippen LogP contribution in [0.1, 0.15) is 21.5 Å². The molecule has 1 atom stereocenters. The first-order valence-electron chi connectivity index (χ1n) is 8.14. The van der Waals surface area contributed by atoms with Gasteiger partial charge in [-0.05, 0) is 36.2 Å². The Balaban J connectivity index is 1.75. The summed E-state index contributed by atoms with van der Waals surface area (Å²) in [5.74, 6) is -0.920. The molecule has 0 fully saturated rings. The first-order valence-corrected chi connectivity index (χ1v) is 8.14. The third-order valence-electron chi connectivity index (χ3n) is 4.06. The number of primary amides is 1. The fourth-order valence-corrected chi connectivity index (χ4v) is 2.70. The molecule has 3 N–H and O–H groups in total. The van der Waals surface area contributed by atoms with Crippen molar-refractivity contribution in [2.75, 3.05) is 0 Å². The Labute approximate surface area is 150 Å². The van der Waals surface area contributed by atoms with Gasteiger partial charge in [0.15, 0.2) is 0 Å². The van der Waals surface area contributed by atoms with Crippen LogP contribution in [0.2, 0.25) is 0 Å². The molecule has 3 rings (SSSR count). The minimum atomic E-state index is -0.778. The molecular weight excluding hydrogens is 330 g/mol. The van der Waals surface area contributed by atoms with Crippen LogP contribution >= 0.6 is 0 Å². The van der Waals surface area contributed by atoms with Crippen molar-refractivity contribution < 1.29 is 9.59 Å². The van der Waals surface area contributed by atoms with Gasteiger partial charge in [0.05, 0.1) is 5.69 Å². The molecule has 0 radical (unpaired) electrons. The lowest BCUT2D eigenvalue weighted by Gasteiger charge is -2.16. The summed E-state index contributed by atoms with van der Waals surface area (Å²) < 4.78 is 1.62. The van der Waals surface area contributed by atoms with Crippen LogP contribution in [0.5, 0.6) is 0 Å². The summed E-state index contributed by atoms with van der Waals surface area (Å²) in [7, 11) is 0. The molecule has 26 heavy (non-hydrogen) atoms. The average molecular weight is 349 g/mol. The Kier molecular flexibility index (Phi) is 5.07. The summed E-state index contributed by atoms with van der Waals surface area (Å²) in [5.41, 5.74) is 8.52. The van der Waals surface area contributed by atoms with Gasteiger partial charge in [0.1, 0.15) is 18.7 Å². The fraction of sp³-hybridized carbons (Fsp3) is 0.158. The van der Waals surface area contributed by atoms with Crippen molar-refractivity contribution in [3.05, 3.63) is 77.9 Å². The predicted octanol–water partition coefficient (Wildman–Crippen LogP) is 1.40. The molecule has 0 unspecified atom stereocenters. The quantitative estimate of drug-likeness (QED) is 0.702. The number of amides is 2. The molecule has 1 aromatic heterocycles. The van der Waals surface area contributed by atoms with Gasteiger partial charge in [0.25, 0.3) is 5.91 Å². The molecular formula is C19H19N5O2. The van der Waals surface area contributed by atoms with E-state index in [2.05, 4.69) is 15.4 Å². The fourth-order valence-electron chi connectivity index (χ4n) is 2.70. The number of nitrogens with two attached hydrogens (primary N) is 1. The van der Waals surface area contributed by atoms with Gasteiger partial charge in [-0.2, -0.15) is 5.10 Å². The number of nitrogens with one attached hydrogen (secondary N) is 1. The van der Waals surface area contributed by atoms with Crippen molar-refractivity contribution in [2.45, 2.75) is 19.4 Å². The van der Waals surface area contributed by atoms with Crippen molar-refractivity contribution >= 4 is 11.8 Å². The van der Waals surface area contributed by atoms with Crippen molar-refractivity contribution in [3.63, 3.8) is 0 Å². The van der Waals surface area contributed by atoms with Crippen LogP contribution in [0, 0.1) is 6.92 Å². The molecule has 0 bridgehead atoms. The van der Waals surface area contributed by atoms with E-state index in [9.17, 15) is 9.59 Å². The van der Waals surface area contributed by atoms with E-state index in [0.29, 0.717) is 12.0 Å². The van der Waals surface area contributed by atoms with Crippen molar-refractivity contribution in [1.29, 1.82) is 0 Å². The van der Waals surface area contributed by atoms with Gasteiger partial charge in [-0.15, -0.1) is 0 Å². The topological polar surface area (TPSA) is 103 Å². The van der Waals surface area contributed by atoms with E-state index in [4.69, 9.17) is 5.73 Å². The molecule has 0 saturated heterocycles. The summed E-state index contributed by atoms with van der Waals surface area (Å²) in [6.45, 7) is 1.88. The molecule has 0 aliphatic heterocycles. The zero-order chi connectivity index (χ0) is 18.5. The Hall–Kier alpha value is -3.48. The SMILES string of the molecule is Cc1cc(C(=O)N[C@@H](Cc2ccccc2)C(N)=O)ccc1-n1cncn1. The highest BCUT2D eigenvalue weighted by atomic mass is 16.2. The first kappa shape index (κ1) is 17.3. The third kappa shape index (κ3) is 3.94. The van der Waals surface area contributed by atoms with Gasteiger partial charge in [0, 0.05) is 12.0 Å². The highest BCUT2D eigenvalue weighted by molar-refractivity contribution is 5.97. The number of aryl methyl sites for hydroxylation is 1. The number of rotatable bonds is 6. The molecule has 7 heteroatoms. The van der Waals surface area contributed by atoms with Gasteiger partial charge in [-0.3, -0.25) is 9.59 Å². The number of benzene rings is 2. The summed E-state index contributed by atoms with van der Waals surface area (Å²) in [6.07, 6.45) is 3.38. The smallest absolute Gasteiger partial charge is 0.251 e. The van der Waals surface area contributed by atoms with Gasteiger partial charge in [0.2, 0.25) is 5.91 Å². The van der Waals surface area contributed by atoms with Crippen LogP contribution in [0.3, 0.4) is 0 Å². The third-order valence-corrected chi connectivity index (χ3v) is 4.06. The Morgan fingerprint density at radius 1 is 1.19 bits per heavy atom.